The van der Waals surface area contributed by atoms with E-state index in [0.717, 1.165) is 16.7 Å². The molecule has 1 heterocycles. The van der Waals surface area contributed by atoms with Crippen molar-refractivity contribution in [3.8, 4) is 0 Å². The molecule has 1 atom stereocenters. The number of nitrogens with one attached hydrogen (secondary N) is 2. The number of carbonyl (C=O) groups excluding carboxylic acids is 2. The monoisotopic (exact) mass is 387 g/mol. The van der Waals surface area contributed by atoms with Crippen molar-refractivity contribution in [3.05, 3.63) is 42.0 Å². The number of ether oxygens (including phenoxy) is 1. The zero-order valence-electron chi connectivity index (χ0n) is 17.7. The van der Waals surface area contributed by atoms with Gasteiger partial charge in [-0.1, -0.05) is 44.2 Å². The number of nitrogens with zero attached hydrogens (tertiary/aromatic N) is 1. The van der Waals surface area contributed by atoms with Crippen LogP contribution in [0.2, 0.25) is 0 Å². The molecule has 1 aliphatic heterocycles. The molecule has 0 unspecified atom stereocenters. The summed E-state index contributed by atoms with van der Waals surface area (Å²) in [7, 11) is 0. The van der Waals surface area contributed by atoms with Crippen LogP contribution in [0.3, 0.4) is 0 Å². The van der Waals surface area contributed by atoms with Gasteiger partial charge in [-0.25, -0.2) is 4.79 Å². The maximum absolute atomic E-state index is 12.8. The molecule has 1 aromatic rings. The smallest absolute Gasteiger partial charge is 0.316 e. The van der Waals surface area contributed by atoms with Crippen molar-refractivity contribution >= 4 is 17.5 Å². The van der Waals surface area contributed by atoms with Crippen molar-refractivity contribution < 1.29 is 14.3 Å². The number of urea groups is 1. The van der Waals surface area contributed by atoms with Crippen LogP contribution < -0.4 is 10.6 Å². The molecular formula is C22H33N3O3. The lowest BCUT2D eigenvalue weighted by Gasteiger charge is -2.33. The van der Waals surface area contributed by atoms with E-state index in [1.165, 1.54) is 0 Å². The van der Waals surface area contributed by atoms with E-state index in [9.17, 15) is 9.59 Å². The van der Waals surface area contributed by atoms with Crippen LogP contribution in [0.15, 0.2) is 30.8 Å². The van der Waals surface area contributed by atoms with Gasteiger partial charge in [0.25, 0.3) is 0 Å². The summed E-state index contributed by atoms with van der Waals surface area (Å²) in [6.45, 7) is 15.9. The average molecular weight is 388 g/mol. The second kappa shape index (κ2) is 9.24. The van der Waals surface area contributed by atoms with Gasteiger partial charge in [-0.05, 0) is 43.9 Å². The summed E-state index contributed by atoms with van der Waals surface area (Å²) in [6.07, 6.45) is 0. The lowest BCUT2D eigenvalue weighted by atomic mass is 9.92. The Balaban J connectivity index is 2.07. The van der Waals surface area contributed by atoms with Crippen LogP contribution in [0.4, 0.5) is 4.79 Å². The average Bonchev–Trinajstić information content (AvgIpc) is 2.65. The molecular weight excluding hydrogens is 354 g/mol. The van der Waals surface area contributed by atoms with E-state index < -0.39 is 11.6 Å². The molecule has 28 heavy (non-hydrogen) atoms. The fourth-order valence-electron chi connectivity index (χ4n) is 3.20. The van der Waals surface area contributed by atoms with Crippen LogP contribution in [-0.4, -0.2) is 49.2 Å². The standard InChI is InChI=1S/C22H33N3O3/c1-15(2)17-8-7-9-18(14-17)22(5,6)24-21(27)23-19(16(3)4)20(26)25-10-12-28-13-11-25/h7-9,14,16,19H,1,10-13H2,2-6H3,(H2,23,24,27)/t19-/m0/s1. The van der Waals surface area contributed by atoms with Gasteiger partial charge in [0.2, 0.25) is 5.91 Å². The Morgan fingerprint density at radius 1 is 1.21 bits per heavy atom. The zero-order valence-corrected chi connectivity index (χ0v) is 17.7. The molecule has 2 rings (SSSR count). The van der Waals surface area contributed by atoms with Gasteiger partial charge in [-0.15, -0.1) is 0 Å². The topological polar surface area (TPSA) is 70.7 Å². The molecule has 0 saturated carbocycles. The third-order valence-electron chi connectivity index (χ3n) is 5.05. The van der Waals surface area contributed by atoms with Gasteiger partial charge >= 0.3 is 6.03 Å². The Labute approximate surface area is 168 Å². The number of benzene rings is 1. The molecule has 0 radical (unpaired) electrons. The first kappa shape index (κ1) is 22.0. The summed E-state index contributed by atoms with van der Waals surface area (Å²) in [6, 6.07) is 7.03. The number of hydrogen-bond acceptors (Lipinski definition) is 3. The number of morpholine rings is 1. The van der Waals surface area contributed by atoms with Gasteiger partial charge in [0, 0.05) is 13.1 Å². The summed E-state index contributed by atoms with van der Waals surface area (Å²) in [4.78, 5) is 27.3. The van der Waals surface area contributed by atoms with Gasteiger partial charge in [-0.3, -0.25) is 4.79 Å². The van der Waals surface area contributed by atoms with Crippen LogP contribution in [0.5, 0.6) is 0 Å². The maximum atomic E-state index is 12.8. The largest absolute Gasteiger partial charge is 0.378 e. The van der Waals surface area contributed by atoms with E-state index in [1.54, 1.807) is 4.90 Å². The molecule has 2 N–H and O–H groups in total. The molecule has 1 fully saturated rings. The van der Waals surface area contributed by atoms with E-state index in [4.69, 9.17) is 4.74 Å². The van der Waals surface area contributed by atoms with Crippen molar-refractivity contribution in [1.82, 2.24) is 15.5 Å². The van der Waals surface area contributed by atoms with Crippen LogP contribution >= 0.6 is 0 Å². The van der Waals surface area contributed by atoms with Gasteiger partial charge < -0.3 is 20.3 Å². The second-order valence-electron chi connectivity index (χ2n) is 8.24. The predicted molar refractivity (Wildman–Crippen MR) is 112 cm³/mol. The minimum atomic E-state index is -0.598. The lowest BCUT2D eigenvalue weighted by Crippen LogP contribution is -2.57. The van der Waals surface area contributed by atoms with Crippen molar-refractivity contribution in [3.63, 3.8) is 0 Å². The molecule has 6 heteroatoms. The third-order valence-corrected chi connectivity index (χ3v) is 5.05. The Kier molecular flexibility index (Phi) is 7.24. The molecule has 0 spiro atoms. The molecule has 154 valence electrons. The first-order valence-corrected chi connectivity index (χ1v) is 9.83. The normalized spacial score (nSPS) is 15.9. The van der Waals surface area contributed by atoms with E-state index in [-0.39, 0.29) is 17.9 Å². The zero-order chi connectivity index (χ0) is 20.9. The molecule has 0 aromatic heterocycles. The molecule has 0 aliphatic carbocycles. The highest BCUT2D eigenvalue weighted by atomic mass is 16.5. The number of rotatable bonds is 6. The van der Waals surface area contributed by atoms with Crippen LogP contribution in [-0.2, 0) is 15.1 Å². The summed E-state index contributed by atoms with van der Waals surface area (Å²) in [5.41, 5.74) is 2.39. The number of allylic oxidation sites excluding steroid dienone is 1. The van der Waals surface area contributed by atoms with Crippen LogP contribution in [0.25, 0.3) is 5.57 Å². The fourth-order valence-corrected chi connectivity index (χ4v) is 3.20. The minimum Gasteiger partial charge on any atom is -0.378 e. The third kappa shape index (κ3) is 5.58. The van der Waals surface area contributed by atoms with Crippen molar-refractivity contribution in [1.29, 1.82) is 0 Å². The summed E-state index contributed by atoms with van der Waals surface area (Å²) in [5.74, 6) is -0.0773. The second-order valence-corrected chi connectivity index (χ2v) is 8.24. The first-order chi connectivity index (χ1) is 13.1. The van der Waals surface area contributed by atoms with Gasteiger partial charge in [-0.2, -0.15) is 0 Å². The highest BCUT2D eigenvalue weighted by molar-refractivity contribution is 5.87. The Bertz CT molecular complexity index is 721. The first-order valence-electron chi connectivity index (χ1n) is 9.83. The van der Waals surface area contributed by atoms with Crippen LogP contribution in [0, 0.1) is 5.92 Å². The molecule has 1 saturated heterocycles. The van der Waals surface area contributed by atoms with E-state index in [2.05, 4.69) is 17.2 Å². The maximum Gasteiger partial charge on any atom is 0.316 e. The Morgan fingerprint density at radius 2 is 1.86 bits per heavy atom. The van der Waals surface area contributed by atoms with E-state index >= 15 is 0 Å². The van der Waals surface area contributed by atoms with Gasteiger partial charge in [0.15, 0.2) is 0 Å². The van der Waals surface area contributed by atoms with E-state index in [1.807, 2.05) is 58.9 Å². The number of carbonyl (C=O) groups is 2. The quantitative estimate of drug-likeness (QED) is 0.788. The lowest BCUT2D eigenvalue weighted by molar-refractivity contribution is -0.138. The molecule has 6 nitrogen and oxygen atoms in total. The highest BCUT2D eigenvalue weighted by Gasteiger charge is 2.31. The summed E-state index contributed by atoms with van der Waals surface area (Å²) < 4.78 is 5.31. The summed E-state index contributed by atoms with van der Waals surface area (Å²) in [5, 5.41) is 5.88. The van der Waals surface area contributed by atoms with Crippen LogP contribution in [0.1, 0.15) is 45.7 Å². The Hall–Kier alpha value is -2.34. The molecule has 1 aliphatic rings. The minimum absolute atomic E-state index is 0.0176. The highest BCUT2D eigenvalue weighted by Crippen LogP contribution is 2.23. The Morgan fingerprint density at radius 3 is 2.43 bits per heavy atom. The molecule has 3 amide bonds. The van der Waals surface area contributed by atoms with Gasteiger partial charge in [0.1, 0.15) is 6.04 Å². The van der Waals surface area contributed by atoms with Gasteiger partial charge in [0.05, 0.1) is 18.8 Å². The predicted octanol–water partition coefficient (Wildman–Crippen LogP) is 3.14. The molecule has 1 aromatic carbocycles. The van der Waals surface area contributed by atoms with Crippen molar-refractivity contribution in [2.24, 2.45) is 5.92 Å². The fraction of sp³-hybridized carbons (Fsp3) is 0.545. The van der Waals surface area contributed by atoms with Crippen molar-refractivity contribution in [2.45, 2.75) is 46.2 Å². The molecule has 0 bridgehead atoms. The summed E-state index contributed by atoms with van der Waals surface area (Å²) >= 11 is 0. The van der Waals surface area contributed by atoms with Crippen molar-refractivity contribution in [2.75, 3.05) is 26.3 Å². The van der Waals surface area contributed by atoms with E-state index in [0.29, 0.717) is 26.3 Å². The number of hydrogen-bond donors (Lipinski definition) is 2. The number of amides is 3. The SMILES string of the molecule is C=C(C)c1cccc(C(C)(C)NC(=O)N[C@H](C(=O)N2CCOCC2)C(C)C)c1.